The number of hydrogen-bond donors (Lipinski definition) is 1. The van der Waals surface area contributed by atoms with Crippen molar-refractivity contribution in [3.05, 3.63) is 28.9 Å². The second-order valence-electron chi connectivity index (χ2n) is 3.96. The van der Waals surface area contributed by atoms with E-state index in [0.29, 0.717) is 11.4 Å². The largest absolute Gasteiger partial charge is 0.351 e. The molecule has 2 aromatic rings. The van der Waals surface area contributed by atoms with E-state index < -0.39 is 0 Å². The molecule has 0 aliphatic rings. The molecule has 1 amide bonds. The van der Waals surface area contributed by atoms with Crippen LogP contribution in [0.25, 0.3) is 0 Å². The third kappa shape index (κ3) is 2.06. The van der Waals surface area contributed by atoms with Gasteiger partial charge < -0.3 is 9.84 Å². The van der Waals surface area contributed by atoms with Gasteiger partial charge >= 0.3 is 0 Å². The van der Waals surface area contributed by atoms with E-state index in [1.165, 1.54) is 0 Å². The van der Waals surface area contributed by atoms with Crippen molar-refractivity contribution in [1.82, 2.24) is 14.9 Å². The lowest BCUT2D eigenvalue weighted by molar-refractivity contribution is 0.0987. The lowest BCUT2D eigenvalue weighted by atomic mass is 10.3. The number of nitrogens with one attached hydrogen (secondary N) is 1. The molecule has 0 atom stereocenters. The first kappa shape index (κ1) is 11.4. The summed E-state index contributed by atoms with van der Waals surface area (Å²) in [6.45, 7) is 5.50. The van der Waals surface area contributed by atoms with Crippen molar-refractivity contribution in [3.63, 3.8) is 0 Å². The van der Waals surface area contributed by atoms with Gasteiger partial charge in [-0.1, -0.05) is 5.16 Å². The van der Waals surface area contributed by atoms with Crippen LogP contribution in [0.5, 0.6) is 0 Å². The lowest BCUT2D eigenvalue weighted by Gasteiger charge is -2.02. The maximum absolute atomic E-state index is 11.9. The standard InChI is InChI=1S/C11H14N4O2/c1-6-5-9(17-14-6)11(16)12-10-7(2)13-15(4)8(10)3/h5H,1-4H3,(H,12,16). The molecule has 0 spiro atoms. The molecule has 0 aliphatic carbocycles. The number of aromatic nitrogens is 3. The SMILES string of the molecule is Cc1cc(C(=O)Nc2c(C)nn(C)c2C)on1. The minimum atomic E-state index is -0.315. The molecule has 6 heteroatoms. The summed E-state index contributed by atoms with van der Waals surface area (Å²) >= 11 is 0. The van der Waals surface area contributed by atoms with Gasteiger partial charge in [0.25, 0.3) is 5.91 Å². The zero-order valence-electron chi connectivity index (χ0n) is 10.2. The van der Waals surface area contributed by atoms with Gasteiger partial charge in [0.1, 0.15) is 0 Å². The van der Waals surface area contributed by atoms with Crippen LogP contribution >= 0.6 is 0 Å². The van der Waals surface area contributed by atoms with Gasteiger partial charge in [-0.3, -0.25) is 9.48 Å². The van der Waals surface area contributed by atoms with Crippen molar-refractivity contribution < 1.29 is 9.32 Å². The molecular weight excluding hydrogens is 220 g/mol. The Hall–Kier alpha value is -2.11. The van der Waals surface area contributed by atoms with E-state index in [-0.39, 0.29) is 11.7 Å². The molecule has 2 rings (SSSR count). The number of carbonyl (C=O) groups is 1. The first-order valence-electron chi connectivity index (χ1n) is 5.24. The summed E-state index contributed by atoms with van der Waals surface area (Å²) in [5.41, 5.74) is 3.06. The summed E-state index contributed by atoms with van der Waals surface area (Å²) in [4.78, 5) is 11.9. The molecule has 0 fully saturated rings. The van der Waals surface area contributed by atoms with Crippen LogP contribution in [-0.2, 0) is 7.05 Å². The summed E-state index contributed by atoms with van der Waals surface area (Å²) in [7, 11) is 1.83. The Kier molecular flexibility index (Phi) is 2.71. The molecule has 0 aromatic carbocycles. The second kappa shape index (κ2) is 4.04. The second-order valence-corrected chi connectivity index (χ2v) is 3.96. The first-order chi connectivity index (χ1) is 7.99. The Balaban J connectivity index is 2.24. The van der Waals surface area contributed by atoms with Crippen molar-refractivity contribution in [2.75, 3.05) is 5.32 Å². The van der Waals surface area contributed by atoms with Crippen LogP contribution < -0.4 is 5.32 Å². The van der Waals surface area contributed by atoms with Gasteiger partial charge in [-0.05, 0) is 20.8 Å². The summed E-state index contributed by atoms with van der Waals surface area (Å²) in [5, 5.41) is 10.7. The highest BCUT2D eigenvalue weighted by Gasteiger charge is 2.16. The van der Waals surface area contributed by atoms with Crippen molar-refractivity contribution in [2.24, 2.45) is 7.05 Å². The van der Waals surface area contributed by atoms with Crippen LogP contribution in [0, 0.1) is 20.8 Å². The number of hydrogen-bond acceptors (Lipinski definition) is 4. The van der Waals surface area contributed by atoms with E-state index >= 15 is 0 Å². The summed E-state index contributed by atoms with van der Waals surface area (Å²) < 4.78 is 6.61. The normalized spacial score (nSPS) is 10.6. The van der Waals surface area contributed by atoms with E-state index in [1.807, 2.05) is 20.9 Å². The van der Waals surface area contributed by atoms with Crippen molar-refractivity contribution in [1.29, 1.82) is 0 Å². The number of anilines is 1. The Labute approximate surface area is 98.6 Å². The molecule has 1 N–H and O–H groups in total. The minimum Gasteiger partial charge on any atom is -0.351 e. The predicted octanol–water partition coefficient (Wildman–Crippen LogP) is 1.59. The molecule has 2 aromatic heterocycles. The van der Waals surface area contributed by atoms with Crippen LogP contribution in [-0.4, -0.2) is 20.8 Å². The Bertz CT molecular complexity index is 568. The summed E-state index contributed by atoms with van der Waals surface area (Å²) in [6.07, 6.45) is 0. The number of rotatable bonds is 2. The van der Waals surface area contributed by atoms with Crippen LogP contribution in [0.3, 0.4) is 0 Å². The molecule has 0 saturated heterocycles. The van der Waals surface area contributed by atoms with Crippen molar-refractivity contribution in [2.45, 2.75) is 20.8 Å². The molecule has 17 heavy (non-hydrogen) atoms. The molecule has 0 unspecified atom stereocenters. The monoisotopic (exact) mass is 234 g/mol. The van der Waals surface area contributed by atoms with E-state index in [9.17, 15) is 4.79 Å². The van der Waals surface area contributed by atoms with E-state index in [4.69, 9.17) is 4.52 Å². The Morgan fingerprint density at radius 3 is 2.59 bits per heavy atom. The summed E-state index contributed by atoms with van der Waals surface area (Å²) in [5.74, 6) is -0.116. The van der Waals surface area contributed by atoms with E-state index in [1.54, 1.807) is 17.7 Å². The van der Waals surface area contributed by atoms with Gasteiger partial charge in [0.05, 0.1) is 22.8 Å². The van der Waals surface area contributed by atoms with Gasteiger partial charge in [-0.25, -0.2) is 0 Å². The molecule has 6 nitrogen and oxygen atoms in total. The minimum absolute atomic E-state index is 0.199. The predicted molar refractivity (Wildman–Crippen MR) is 61.9 cm³/mol. The smallest absolute Gasteiger partial charge is 0.294 e. The number of aryl methyl sites for hydroxylation is 3. The van der Waals surface area contributed by atoms with Crippen LogP contribution in [0.2, 0.25) is 0 Å². The molecular formula is C11H14N4O2. The average Bonchev–Trinajstić information content (AvgIpc) is 2.79. The van der Waals surface area contributed by atoms with Gasteiger partial charge in [-0.2, -0.15) is 5.10 Å². The van der Waals surface area contributed by atoms with Crippen molar-refractivity contribution in [3.8, 4) is 0 Å². The number of carbonyl (C=O) groups excluding carboxylic acids is 1. The van der Waals surface area contributed by atoms with E-state index in [0.717, 1.165) is 11.4 Å². The van der Waals surface area contributed by atoms with Crippen LogP contribution in [0.4, 0.5) is 5.69 Å². The number of nitrogens with zero attached hydrogens (tertiary/aromatic N) is 3. The third-order valence-corrected chi connectivity index (χ3v) is 2.60. The Morgan fingerprint density at radius 2 is 2.12 bits per heavy atom. The number of amides is 1. The fourth-order valence-electron chi connectivity index (χ4n) is 1.60. The van der Waals surface area contributed by atoms with Crippen molar-refractivity contribution >= 4 is 11.6 Å². The fraction of sp³-hybridized carbons (Fsp3) is 0.364. The highest BCUT2D eigenvalue weighted by molar-refractivity contribution is 6.02. The zero-order chi connectivity index (χ0) is 12.6. The van der Waals surface area contributed by atoms with Crippen LogP contribution in [0.15, 0.2) is 10.6 Å². The maximum Gasteiger partial charge on any atom is 0.294 e. The molecule has 90 valence electrons. The maximum atomic E-state index is 11.9. The molecule has 2 heterocycles. The Morgan fingerprint density at radius 1 is 1.41 bits per heavy atom. The highest BCUT2D eigenvalue weighted by atomic mass is 16.5. The van der Waals surface area contributed by atoms with Gasteiger partial charge in [0, 0.05) is 13.1 Å². The van der Waals surface area contributed by atoms with Gasteiger partial charge in [0.15, 0.2) is 0 Å². The molecule has 0 saturated carbocycles. The quantitative estimate of drug-likeness (QED) is 0.856. The van der Waals surface area contributed by atoms with Gasteiger partial charge in [0.2, 0.25) is 5.76 Å². The summed E-state index contributed by atoms with van der Waals surface area (Å²) in [6, 6.07) is 1.59. The highest BCUT2D eigenvalue weighted by Crippen LogP contribution is 2.19. The molecule has 0 bridgehead atoms. The fourth-order valence-corrected chi connectivity index (χ4v) is 1.60. The molecule has 0 radical (unpaired) electrons. The average molecular weight is 234 g/mol. The third-order valence-electron chi connectivity index (χ3n) is 2.60. The molecule has 0 aliphatic heterocycles. The van der Waals surface area contributed by atoms with E-state index in [2.05, 4.69) is 15.6 Å². The lowest BCUT2D eigenvalue weighted by Crippen LogP contribution is -2.12. The van der Waals surface area contributed by atoms with Crippen LogP contribution in [0.1, 0.15) is 27.6 Å². The van der Waals surface area contributed by atoms with Gasteiger partial charge in [-0.15, -0.1) is 0 Å². The topological polar surface area (TPSA) is 73.0 Å². The zero-order valence-corrected chi connectivity index (χ0v) is 10.2. The first-order valence-corrected chi connectivity index (χ1v) is 5.24.